The van der Waals surface area contributed by atoms with Crippen molar-refractivity contribution in [2.45, 2.75) is 19.6 Å². The van der Waals surface area contributed by atoms with Gasteiger partial charge in [-0.05, 0) is 25.1 Å². The maximum Gasteiger partial charge on any atom is 0.137 e. The number of benzene rings is 1. The Kier molecular flexibility index (Phi) is 3.58. The molecule has 0 unspecified atom stereocenters. The first-order valence-electron chi connectivity index (χ1n) is 6.74. The molecule has 2 N–H and O–H groups in total. The van der Waals surface area contributed by atoms with Crippen molar-refractivity contribution in [2.24, 2.45) is 5.73 Å². The Hall–Kier alpha value is -2.40. The Morgan fingerprint density at radius 1 is 1.33 bits per heavy atom. The van der Waals surface area contributed by atoms with Crippen molar-refractivity contribution >= 4 is 5.65 Å². The van der Waals surface area contributed by atoms with Gasteiger partial charge in [-0.3, -0.25) is 0 Å². The van der Waals surface area contributed by atoms with Crippen LogP contribution >= 0.6 is 0 Å². The van der Waals surface area contributed by atoms with Crippen molar-refractivity contribution in [1.29, 1.82) is 0 Å². The summed E-state index contributed by atoms with van der Waals surface area (Å²) in [5.74, 6) is 0.117. The van der Waals surface area contributed by atoms with Crippen LogP contribution in [-0.2, 0) is 6.61 Å². The molecule has 108 valence electrons. The van der Waals surface area contributed by atoms with E-state index in [1.165, 1.54) is 6.07 Å². The maximum absolute atomic E-state index is 13.8. The van der Waals surface area contributed by atoms with Gasteiger partial charge in [-0.1, -0.05) is 12.1 Å². The van der Waals surface area contributed by atoms with E-state index >= 15 is 0 Å². The van der Waals surface area contributed by atoms with E-state index in [4.69, 9.17) is 10.5 Å². The first-order valence-corrected chi connectivity index (χ1v) is 6.74. The van der Waals surface area contributed by atoms with Gasteiger partial charge in [-0.2, -0.15) is 0 Å². The molecule has 0 bridgehead atoms. The summed E-state index contributed by atoms with van der Waals surface area (Å²) in [6.45, 7) is 2.04. The monoisotopic (exact) mass is 285 g/mol. The number of fused-ring (bicyclic) bond motifs is 1. The van der Waals surface area contributed by atoms with Gasteiger partial charge >= 0.3 is 0 Å². The fraction of sp³-hybridized carbons (Fsp3) is 0.188. The fourth-order valence-corrected chi connectivity index (χ4v) is 2.18. The Labute approximate surface area is 122 Å². The highest BCUT2D eigenvalue weighted by atomic mass is 19.1. The smallest absolute Gasteiger partial charge is 0.137 e. The first-order chi connectivity index (χ1) is 10.1. The van der Waals surface area contributed by atoms with Gasteiger partial charge in [-0.15, -0.1) is 0 Å². The van der Waals surface area contributed by atoms with Crippen LogP contribution in [0.15, 0.2) is 48.8 Å². The summed E-state index contributed by atoms with van der Waals surface area (Å²) >= 11 is 0. The van der Waals surface area contributed by atoms with Crippen molar-refractivity contribution in [3.63, 3.8) is 0 Å². The highest BCUT2D eigenvalue weighted by Crippen LogP contribution is 2.21. The Bertz CT molecular complexity index is 734. The third-order valence-corrected chi connectivity index (χ3v) is 3.26. The van der Waals surface area contributed by atoms with E-state index in [1.54, 1.807) is 19.1 Å². The molecule has 3 rings (SSSR count). The molecule has 0 saturated carbocycles. The average Bonchev–Trinajstić information content (AvgIpc) is 2.87. The largest absolute Gasteiger partial charge is 0.487 e. The molecule has 2 aromatic heterocycles. The van der Waals surface area contributed by atoms with Crippen LogP contribution < -0.4 is 10.5 Å². The highest BCUT2D eigenvalue weighted by molar-refractivity contribution is 5.39. The summed E-state index contributed by atoms with van der Waals surface area (Å²) in [5, 5.41) is 0. The summed E-state index contributed by atoms with van der Waals surface area (Å²) in [5.41, 5.74) is 7.81. The van der Waals surface area contributed by atoms with Gasteiger partial charge in [0, 0.05) is 30.1 Å². The van der Waals surface area contributed by atoms with Gasteiger partial charge in [0.25, 0.3) is 0 Å². The molecule has 4 nitrogen and oxygen atoms in total. The van der Waals surface area contributed by atoms with Crippen LogP contribution in [0.4, 0.5) is 4.39 Å². The minimum absolute atomic E-state index is 0.290. The van der Waals surface area contributed by atoms with Crippen molar-refractivity contribution in [3.05, 3.63) is 65.9 Å². The zero-order valence-corrected chi connectivity index (χ0v) is 11.7. The molecule has 0 saturated heterocycles. The summed E-state index contributed by atoms with van der Waals surface area (Å²) in [7, 11) is 0. The zero-order valence-electron chi connectivity index (χ0n) is 11.7. The molecule has 0 radical (unpaired) electrons. The topological polar surface area (TPSA) is 52.5 Å². The molecule has 3 aromatic rings. The number of pyridine rings is 1. The molecular weight excluding hydrogens is 269 g/mol. The number of ether oxygens (including phenoxy) is 1. The highest BCUT2D eigenvalue weighted by Gasteiger charge is 2.09. The average molecular weight is 285 g/mol. The summed E-state index contributed by atoms with van der Waals surface area (Å²) < 4.78 is 21.3. The molecule has 0 spiro atoms. The SMILES string of the molecule is C[C@H](N)c1ccc(OCc2cn3ccccc3n2)cc1F. The van der Waals surface area contributed by atoms with Gasteiger partial charge in [0.1, 0.15) is 23.8 Å². The maximum atomic E-state index is 13.8. The van der Waals surface area contributed by atoms with Crippen molar-refractivity contribution < 1.29 is 9.13 Å². The first kappa shape index (κ1) is 13.6. The second kappa shape index (κ2) is 5.54. The fourth-order valence-electron chi connectivity index (χ4n) is 2.18. The van der Waals surface area contributed by atoms with Crippen LogP contribution in [0.5, 0.6) is 5.75 Å². The van der Waals surface area contributed by atoms with Gasteiger partial charge in [0.05, 0.1) is 5.69 Å². The lowest BCUT2D eigenvalue weighted by molar-refractivity contribution is 0.300. The van der Waals surface area contributed by atoms with E-state index in [1.807, 2.05) is 35.0 Å². The van der Waals surface area contributed by atoms with Gasteiger partial charge in [-0.25, -0.2) is 9.37 Å². The van der Waals surface area contributed by atoms with Crippen LogP contribution in [0.2, 0.25) is 0 Å². The minimum atomic E-state index is -0.350. The molecule has 1 aromatic carbocycles. The Morgan fingerprint density at radius 3 is 2.90 bits per heavy atom. The summed E-state index contributed by atoms with van der Waals surface area (Å²) in [6, 6.07) is 10.2. The third-order valence-electron chi connectivity index (χ3n) is 3.26. The molecule has 0 aliphatic carbocycles. The number of imidazole rings is 1. The van der Waals surface area contributed by atoms with Crippen molar-refractivity contribution in [2.75, 3.05) is 0 Å². The number of rotatable bonds is 4. The van der Waals surface area contributed by atoms with Crippen LogP contribution in [0.3, 0.4) is 0 Å². The lowest BCUT2D eigenvalue weighted by Gasteiger charge is -2.09. The molecule has 0 fully saturated rings. The van der Waals surface area contributed by atoms with Gasteiger partial charge in [0.15, 0.2) is 0 Å². The second-order valence-electron chi connectivity index (χ2n) is 4.96. The lowest BCUT2D eigenvalue weighted by atomic mass is 10.1. The minimum Gasteiger partial charge on any atom is -0.487 e. The molecule has 2 heterocycles. The van der Waals surface area contributed by atoms with Crippen molar-refractivity contribution in [1.82, 2.24) is 9.38 Å². The van der Waals surface area contributed by atoms with E-state index in [2.05, 4.69) is 4.98 Å². The standard InChI is InChI=1S/C16H16FN3O/c1-11(18)14-6-5-13(8-15(14)17)21-10-12-9-20-7-3-2-4-16(20)19-12/h2-9,11H,10,18H2,1H3/t11-/m0/s1. The molecule has 5 heteroatoms. The quantitative estimate of drug-likeness (QED) is 0.801. The second-order valence-corrected chi connectivity index (χ2v) is 4.96. The molecule has 0 aliphatic rings. The summed E-state index contributed by atoms with van der Waals surface area (Å²) in [6.07, 6.45) is 3.81. The number of nitrogens with zero attached hydrogens (tertiary/aromatic N) is 2. The molecule has 1 atom stereocenters. The zero-order chi connectivity index (χ0) is 14.8. The number of nitrogens with two attached hydrogens (primary N) is 1. The van der Waals surface area contributed by atoms with E-state index in [9.17, 15) is 4.39 Å². The normalized spacial score (nSPS) is 12.5. The molecular formula is C16H16FN3O. The predicted octanol–water partition coefficient (Wildman–Crippen LogP) is 3.07. The summed E-state index contributed by atoms with van der Waals surface area (Å²) in [4.78, 5) is 4.42. The van der Waals surface area contributed by atoms with Gasteiger partial charge in [0.2, 0.25) is 0 Å². The lowest BCUT2D eigenvalue weighted by Crippen LogP contribution is -2.07. The molecule has 0 aliphatic heterocycles. The number of halogens is 1. The van der Waals surface area contributed by atoms with Gasteiger partial charge < -0.3 is 14.9 Å². The number of hydrogen-bond donors (Lipinski definition) is 1. The van der Waals surface area contributed by atoms with Crippen LogP contribution in [0.25, 0.3) is 5.65 Å². The Morgan fingerprint density at radius 2 is 2.19 bits per heavy atom. The molecule has 21 heavy (non-hydrogen) atoms. The number of aromatic nitrogens is 2. The van der Waals surface area contributed by atoms with E-state index in [-0.39, 0.29) is 11.9 Å². The van der Waals surface area contributed by atoms with E-state index in [0.717, 1.165) is 11.3 Å². The molecule has 0 amide bonds. The van der Waals surface area contributed by atoms with Crippen LogP contribution in [-0.4, -0.2) is 9.38 Å². The van der Waals surface area contributed by atoms with Crippen molar-refractivity contribution in [3.8, 4) is 5.75 Å². The third kappa shape index (κ3) is 2.87. The van der Waals surface area contributed by atoms with E-state index < -0.39 is 0 Å². The Balaban J connectivity index is 1.74. The number of hydrogen-bond acceptors (Lipinski definition) is 3. The van der Waals surface area contributed by atoms with Crippen LogP contribution in [0.1, 0.15) is 24.2 Å². The van der Waals surface area contributed by atoms with Crippen LogP contribution in [0, 0.1) is 5.82 Å². The van der Waals surface area contributed by atoms with E-state index in [0.29, 0.717) is 17.9 Å². The predicted molar refractivity (Wildman–Crippen MR) is 78.5 cm³/mol.